The summed E-state index contributed by atoms with van der Waals surface area (Å²) in [7, 11) is 0. The van der Waals surface area contributed by atoms with Gasteiger partial charge in [-0.2, -0.15) is 0 Å². The van der Waals surface area contributed by atoms with Crippen LogP contribution >= 0.6 is 15.9 Å². The SMILES string of the molecule is O=C(NC1(CBr)CC1)c1cc(F)cc([N+](=O)[O-])c1. The van der Waals surface area contributed by atoms with Gasteiger partial charge in [-0.3, -0.25) is 14.9 Å². The van der Waals surface area contributed by atoms with Gasteiger partial charge in [-0.15, -0.1) is 0 Å². The molecule has 18 heavy (non-hydrogen) atoms. The second kappa shape index (κ2) is 4.64. The number of non-ortho nitro benzene ring substituents is 1. The molecule has 0 atom stereocenters. The second-order valence-corrected chi connectivity index (χ2v) is 4.88. The quantitative estimate of drug-likeness (QED) is 0.526. The average Bonchev–Trinajstić information content (AvgIpc) is 3.08. The fourth-order valence-electron chi connectivity index (χ4n) is 1.57. The average molecular weight is 317 g/mol. The minimum absolute atomic E-state index is 0.0334. The molecule has 96 valence electrons. The lowest BCUT2D eigenvalue weighted by Gasteiger charge is -2.14. The Labute approximate surface area is 111 Å². The van der Waals surface area contributed by atoms with Crippen LogP contribution in [0.4, 0.5) is 10.1 Å². The molecule has 5 nitrogen and oxygen atoms in total. The van der Waals surface area contributed by atoms with E-state index >= 15 is 0 Å². The van der Waals surface area contributed by atoms with Crippen molar-refractivity contribution in [3.63, 3.8) is 0 Å². The first-order valence-corrected chi connectivity index (χ1v) is 6.41. The molecule has 1 aliphatic carbocycles. The number of carbonyl (C=O) groups excluding carboxylic acids is 1. The number of nitrogens with zero attached hydrogens (tertiary/aromatic N) is 1. The van der Waals surface area contributed by atoms with E-state index in [2.05, 4.69) is 21.2 Å². The van der Waals surface area contributed by atoms with Crippen LogP contribution in [0.5, 0.6) is 0 Å². The Morgan fingerprint density at radius 1 is 1.50 bits per heavy atom. The maximum atomic E-state index is 13.2. The third-order valence-corrected chi connectivity index (χ3v) is 3.92. The van der Waals surface area contributed by atoms with Gasteiger partial charge in [0.05, 0.1) is 16.5 Å². The molecule has 1 fully saturated rings. The van der Waals surface area contributed by atoms with Crippen molar-refractivity contribution in [2.24, 2.45) is 0 Å². The van der Waals surface area contributed by atoms with E-state index in [1.165, 1.54) is 0 Å². The molecule has 0 unspecified atom stereocenters. The predicted molar refractivity (Wildman–Crippen MR) is 66.3 cm³/mol. The molecule has 2 rings (SSSR count). The number of nitro benzene ring substituents is 1. The van der Waals surface area contributed by atoms with Crippen LogP contribution in [0, 0.1) is 15.9 Å². The van der Waals surface area contributed by atoms with Crippen molar-refractivity contribution in [3.05, 3.63) is 39.7 Å². The lowest BCUT2D eigenvalue weighted by Crippen LogP contribution is -2.38. The molecular weight excluding hydrogens is 307 g/mol. The molecule has 1 aromatic rings. The lowest BCUT2D eigenvalue weighted by atomic mass is 10.1. The van der Waals surface area contributed by atoms with Crippen LogP contribution in [0.1, 0.15) is 23.2 Å². The highest BCUT2D eigenvalue weighted by atomic mass is 79.9. The lowest BCUT2D eigenvalue weighted by molar-refractivity contribution is -0.385. The van der Waals surface area contributed by atoms with Crippen molar-refractivity contribution in [2.45, 2.75) is 18.4 Å². The summed E-state index contributed by atoms with van der Waals surface area (Å²) in [4.78, 5) is 21.7. The highest BCUT2D eigenvalue weighted by Crippen LogP contribution is 2.37. The van der Waals surface area contributed by atoms with Crippen molar-refractivity contribution in [3.8, 4) is 0 Å². The normalized spacial score (nSPS) is 16.1. The number of rotatable bonds is 4. The monoisotopic (exact) mass is 316 g/mol. The number of hydrogen-bond acceptors (Lipinski definition) is 3. The summed E-state index contributed by atoms with van der Waals surface area (Å²) in [6.07, 6.45) is 1.70. The molecule has 0 radical (unpaired) electrons. The van der Waals surface area contributed by atoms with E-state index in [1.807, 2.05) is 0 Å². The molecule has 1 saturated carbocycles. The van der Waals surface area contributed by atoms with E-state index in [1.54, 1.807) is 0 Å². The van der Waals surface area contributed by atoms with Gasteiger partial charge in [0, 0.05) is 17.0 Å². The van der Waals surface area contributed by atoms with Crippen LogP contribution < -0.4 is 5.32 Å². The highest BCUT2D eigenvalue weighted by Gasteiger charge is 2.43. The molecule has 1 aliphatic rings. The first-order valence-electron chi connectivity index (χ1n) is 5.29. The van der Waals surface area contributed by atoms with Gasteiger partial charge in [0.1, 0.15) is 5.82 Å². The van der Waals surface area contributed by atoms with Crippen molar-refractivity contribution in [2.75, 3.05) is 5.33 Å². The predicted octanol–water partition coefficient (Wildman–Crippen LogP) is 2.39. The van der Waals surface area contributed by atoms with Crippen LogP contribution in [0.2, 0.25) is 0 Å². The summed E-state index contributed by atoms with van der Waals surface area (Å²) in [6, 6.07) is 2.85. The minimum atomic E-state index is -0.793. The number of hydrogen-bond donors (Lipinski definition) is 1. The third kappa shape index (κ3) is 2.66. The van der Waals surface area contributed by atoms with E-state index < -0.39 is 22.3 Å². The summed E-state index contributed by atoms with van der Waals surface area (Å²) in [5.74, 6) is -1.28. The summed E-state index contributed by atoms with van der Waals surface area (Å²) in [5, 5.41) is 13.9. The van der Waals surface area contributed by atoms with E-state index in [9.17, 15) is 19.3 Å². The van der Waals surface area contributed by atoms with Gasteiger partial charge >= 0.3 is 0 Å². The smallest absolute Gasteiger partial charge is 0.273 e. The first-order chi connectivity index (χ1) is 8.46. The van der Waals surface area contributed by atoms with Gasteiger partial charge in [-0.05, 0) is 18.9 Å². The van der Waals surface area contributed by atoms with Crippen LogP contribution in [0.25, 0.3) is 0 Å². The number of amides is 1. The van der Waals surface area contributed by atoms with Gasteiger partial charge in [0.2, 0.25) is 0 Å². The first kappa shape index (κ1) is 12.9. The maximum Gasteiger partial charge on any atom is 0.273 e. The Morgan fingerprint density at radius 2 is 2.17 bits per heavy atom. The molecule has 7 heteroatoms. The Bertz CT molecular complexity index is 517. The zero-order chi connectivity index (χ0) is 13.3. The summed E-state index contributed by atoms with van der Waals surface area (Å²) < 4.78 is 13.2. The van der Waals surface area contributed by atoms with E-state index in [0.29, 0.717) is 5.33 Å². The van der Waals surface area contributed by atoms with Gasteiger partial charge < -0.3 is 5.32 Å². The molecule has 1 N–H and O–H groups in total. The van der Waals surface area contributed by atoms with E-state index in [4.69, 9.17) is 0 Å². The second-order valence-electron chi connectivity index (χ2n) is 4.32. The standard InChI is InChI=1S/C11H10BrFN2O3/c12-6-11(1-2-11)14-10(16)7-3-8(13)5-9(4-7)15(17)18/h3-5H,1-2,6H2,(H,14,16). The molecule has 0 heterocycles. The van der Waals surface area contributed by atoms with Crippen molar-refractivity contribution >= 4 is 27.5 Å². The number of halogens is 2. The molecular formula is C11H10BrFN2O3. The maximum absolute atomic E-state index is 13.2. The van der Waals surface area contributed by atoms with Gasteiger partial charge in [-0.25, -0.2) is 4.39 Å². The molecule has 1 aromatic carbocycles. The number of nitrogens with one attached hydrogen (secondary N) is 1. The molecule has 0 spiro atoms. The molecule has 1 amide bonds. The fourth-order valence-corrected chi connectivity index (χ4v) is 2.27. The molecule has 0 bridgehead atoms. The van der Waals surface area contributed by atoms with Crippen LogP contribution in [-0.2, 0) is 0 Å². The van der Waals surface area contributed by atoms with Gasteiger partial charge in [-0.1, -0.05) is 15.9 Å². The molecule has 0 saturated heterocycles. The highest BCUT2D eigenvalue weighted by molar-refractivity contribution is 9.09. The van der Waals surface area contributed by atoms with Crippen molar-refractivity contribution < 1.29 is 14.1 Å². The number of nitro groups is 1. The Morgan fingerprint density at radius 3 is 2.67 bits per heavy atom. The topological polar surface area (TPSA) is 72.2 Å². The van der Waals surface area contributed by atoms with E-state index in [-0.39, 0.29) is 11.1 Å². The fraction of sp³-hybridized carbons (Fsp3) is 0.364. The zero-order valence-corrected chi connectivity index (χ0v) is 10.9. The van der Waals surface area contributed by atoms with Gasteiger partial charge in [0.25, 0.3) is 11.6 Å². The Hall–Kier alpha value is -1.50. The van der Waals surface area contributed by atoms with E-state index in [0.717, 1.165) is 31.0 Å². The number of carbonyl (C=O) groups is 1. The molecule has 0 aliphatic heterocycles. The third-order valence-electron chi connectivity index (χ3n) is 2.84. The summed E-state index contributed by atoms with van der Waals surface area (Å²) in [5.41, 5.74) is -0.740. The Kier molecular flexibility index (Phi) is 3.34. The van der Waals surface area contributed by atoms with Crippen LogP contribution in [0.3, 0.4) is 0 Å². The number of benzene rings is 1. The largest absolute Gasteiger partial charge is 0.346 e. The zero-order valence-electron chi connectivity index (χ0n) is 9.28. The van der Waals surface area contributed by atoms with Crippen LogP contribution in [0.15, 0.2) is 18.2 Å². The number of alkyl halides is 1. The van der Waals surface area contributed by atoms with Crippen LogP contribution in [-0.4, -0.2) is 21.7 Å². The Balaban J connectivity index is 2.22. The van der Waals surface area contributed by atoms with Crippen molar-refractivity contribution in [1.29, 1.82) is 0 Å². The van der Waals surface area contributed by atoms with Gasteiger partial charge in [0.15, 0.2) is 0 Å². The van der Waals surface area contributed by atoms with Crippen molar-refractivity contribution in [1.82, 2.24) is 5.32 Å². The summed E-state index contributed by atoms with van der Waals surface area (Å²) in [6.45, 7) is 0. The summed E-state index contributed by atoms with van der Waals surface area (Å²) >= 11 is 3.29. The minimum Gasteiger partial charge on any atom is -0.346 e. The molecule has 0 aromatic heterocycles.